The topological polar surface area (TPSA) is 168 Å². The van der Waals surface area contributed by atoms with E-state index in [1.54, 1.807) is 17.2 Å². The number of piperidine rings is 1. The number of H-pyrrole nitrogens is 2. The van der Waals surface area contributed by atoms with Crippen molar-refractivity contribution in [3.63, 3.8) is 0 Å². The number of nitrogens with one attached hydrogen (secondary N) is 3. The number of para-hydroxylation sites is 1. The number of imidazole rings is 1. The first-order valence-corrected chi connectivity index (χ1v) is 15.5. The Balaban J connectivity index is 1.39. The van der Waals surface area contributed by atoms with Gasteiger partial charge in [-0.3, -0.25) is 9.36 Å². The minimum Gasteiger partial charge on any atom is -0.465 e. The monoisotopic (exact) mass is 615 g/mol. The van der Waals surface area contributed by atoms with Crippen LogP contribution in [0.25, 0.3) is 17.0 Å². The van der Waals surface area contributed by atoms with Crippen LogP contribution in [0.2, 0.25) is 0 Å². The van der Waals surface area contributed by atoms with Gasteiger partial charge in [0.2, 0.25) is 0 Å². The lowest BCUT2D eigenvalue weighted by Crippen LogP contribution is -2.52. The van der Waals surface area contributed by atoms with Gasteiger partial charge < -0.3 is 30.7 Å². The molecule has 0 saturated carbocycles. The van der Waals surface area contributed by atoms with Crippen molar-refractivity contribution in [1.29, 1.82) is 0 Å². The van der Waals surface area contributed by atoms with Crippen molar-refractivity contribution in [2.24, 2.45) is 10.7 Å². The highest BCUT2D eigenvalue weighted by molar-refractivity contribution is 6.38. The van der Waals surface area contributed by atoms with Crippen LogP contribution in [0.15, 0.2) is 59.0 Å². The molecular formula is C33H41N7O5. The number of allylic oxidation sites excluding steroid dienone is 1. The fraction of sp³-hybridized carbons (Fsp3) is 0.424. The van der Waals surface area contributed by atoms with E-state index in [-0.39, 0.29) is 23.9 Å². The Morgan fingerprint density at radius 3 is 2.73 bits per heavy atom. The molecule has 2 aromatic heterocycles. The first kappa shape index (κ1) is 31.7. The molecule has 1 unspecified atom stereocenters. The number of hydrogen-bond acceptors (Lipinski definition) is 6. The lowest BCUT2D eigenvalue weighted by atomic mass is 9.90. The number of benzene rings is 1. The number of rotatable bonds is 11. The third-order valence-electron chi connectivity index (χ3n) is 8.67. The summed E-state index contributed by atoms with van der Waals surface area (Å²) >= 11 is 0. The van der Waals surface area contributed by atoms with Crippen molar-refractivity contribution in [3.05, 3.63) is 76.6 Å². The van der Waals surface area contributed by atoms with Gasteiger partial charge in [-0.15, -0.1) is 6.58 Å². The van der Waals surface area contributed by atoms with Crippen LogP contribution in [0.5, 0.6) is 0 Å². The fourth-order valence-corrected chi connectivity index (χ4v) is 6.29. The zero-order valence-electron chi connectivity index (χ0n) is 25.6. The number of ether oxygens (including phenoxy) is 1. The molecule has 3 heterocycles. The molecule has 5 rings (SSSR count). The van der Waals surface area contributed by atoms with Crippen LogP contribution in [0.1, 0.15) is 67.4 Å². The number of aliphatic imine (C=N–C) groups is 1. The van der Waals surface area contributed by atoms with Gasteiger partial charge in [0.1, 0.15) is 11.8 Å². The van der Waals surface area contributed by atoms with E-state index >= 15 is 0 Å². The molecule has 1 aromatic carbocycles. The number of aromatic nitrogens is 3. The van der Waals surface area contributed by atoms with Crippen LogP contribution in [0.4, 0.5) is 4.79 Å². The number of nitrogens with two attached hydrogens (primary N) is 1. The molecule has 238 valence electrons. The first-order valence-electron chi connectivity index (χ1n) is 15.5. The third kappa shape index (κ3) is 6.85. The zero-order chi connectivity index (χ0) is 31.9. The number of nitrogens with zero attached hydrogens (tertiary/aromatic N) is 3. The molecule has 0 spiro atoms. The largest absolute Gasteiger partial charge is 0.465 e. The number of fused-ring (bicyclic) bond motifs is 2. The van der Waals surface area contributed by atoms with Gasteiger partial charge >= 0.3 is 17.7 Å². The molecule has 2 atom stereocenters. The van der Waals surface area contributed by atoms with E-state index in [4.69, 9.17) is 10.5 Å². The normalized spacial score (nSPS) is 16.7. The maximum Gasteiger partial charge on any atom is 0.352 e. The van der Waals surface area contributed by atoms with Crippen LogP contribution in [0.3, 0.4) is 0 Å². The van der Waals surface area contributed by atoms with Gasteiger partial charge in [-0.25, -0.2) is 19.4 Å². The van der Waals surface area contributed by atoms with Gasteiger partial charge in [0.15, 0.2) is 0 Å². The van der Waals surface area contributed by atoms with E-state index in [1.165, 1.54) is 7.11 Å². The number of carbonyl (C=O) groups excluding carboxylic acids is 3. The number of amides is 3. The van der Waals surface area contributed by atoms with E-state index < -0.39 is 29.9 Å². The van der Waals surface area contributed by atoms with Crippen LogP contribution < -0.4 is 16.7 Å². The molecule has 5 N–H and O–H groups in total. The predicted octanol–water partition coefficient (Wildman–Crippen LogP) is 3.57. The molecule has 1 fully saturated rings. The third-order valence-corrected chi connectivity index (χ3v) is 8.67. The number of hydrogen-bond donors (Lipinski definition) is 4. The molecule has 0 radical (unpaired) electrons. The number of likely N-dealkylation sites (tertiary alicyclic amines) is 1. The molecule has 3 amide bonds. The highest BCUT2D eigenvalue weighted by Crippen LogP contribution is 2.31. The summed E-state index contributed by atoms with van der Waals surface area (Å²) in [5.41, 5.74) is 8.97. The van der Waals surface area contributed by atoms with Gasteiger partial charge in [0.25, 0.3) is 5.91 Å². The number of aromatic amines is 2. The Hall–Kier alpha value is -4.71. The van der Waals surface area contributed by atoms with Crippen molar-refractivity contribution >= 4 is 40.6 Å². The number of urea groups is 1. The summed E-state index contributed by atoms with van der Waals surface area (Å²) in [6, 6.07) is 6.03. The maximum atomic E-state index is 13.9. The number of unbranched alkanes of at least 4 members (excludes halogenated alkanes) is 1. The maximum absolute atomic E-state index is 13.9. The van der Waals surface area contributed by atoms with E-state index in [0.29, 0.717) is 45.3 Å². The van der Waals surface area contributed by atoms with Crippen LogP contribution in [0, 0.1) is 0 Å². The second kappa shape index (κ2) is 14.4. The summed E-state index contributed by atoms with van der Waals surface area (Å²) < 4.78 is 6.71. The Morgan fingerprint density at radius 1 is 1.22 bits per heavy atom. The molecule has 1 aliphatic heterocycles. The number of esters is 1. The smallest absolute Gasteiger partial charge is 0.352 e. The van der Waals surface area contributed by atoms with Crippen LogP contribution >= 0.6 is 0 Å². The van der Waals surface area contributed by atoms with Crippen molar-refractivity contribution in [1.82, 2.24) is 24.8 Å². The Bertz CT molecular complexity index is 1670. The Kier molecular flexibility index (Phi) is 10.1. The minimum absolute atomic E-state index is 0.0212. The zero-order valence-corrected chi connectivity index (χ0v) is 25.6. The molecular weight excluding hydrogens is 574 g/mol. The summed E-state index contributed by atoms with van der Waals surface area (Å²) in [4.78, 5) is 65.0. The van der Waals surface area contributed by atoms with E-state index in [1.807, 2.05) is 34.9 Å². The molecule has 12 heteroatoms. The van der Waals surface area contributed by atoms with Crippen molar-refractivity contribution < 1.29 is 19.1 Å². The molecule has 1 aliphatic carbocycles. The number of carbonyl (C=O) groups is 3. The quantitative estimate of drug-likeness (QED) is 0.111. The SMILES string of the molecule is C=CC(c1c[nH]c2ccccc12)[C@H](NC(=O)N1CCC(n2c3c([nH]c2=O)CCC=C3)CC1)C(=O)N=C(CCCCN)C(=O)OC. The van der Waals surface area contributed by atoms with Gasteiger partial charge in [-0.05, 0) is 69.2 Å². The van der Waals surface area contributed by atoms with E-state index in [9.17, 15) is 19.2 Å². The molecule has 3 aromatic rings. The van der Waals surface area contributed by atoms with E-state index in [0.717, 1.165) is 40.7 Å². The lowest BCUT2D eigenvalue weighted by molar-refractivity contribution is -0.133. The molecule has 2 aliphatic rings. The fourth-order valence-electron chi connectivity index (χ4n) is 6.29. The van der Waals surface area contributed by atoms with Gasteiger partial charge in [0, 0.05) is 47.8 Å². The van der Waals surface area contributed by atoms with Crippen molar-refractivity contribution in [2.45, 2.75) is 62.9 Å². The predicted molar refractivity (Wildman–Crippen MR) is 173 cm³/mol. The highest BCUT2D eigenvalue weighted by atomic mass is 16.5. The van der Waals surface area contributed by atoms with Gasteiger partial charge in [-0.1, -0.05) is 30.4 Å². The Labute approximate surface area is 261 Å². The lowest BCUT2D eigenvalue weighted by Gasteiger charge is -2.34. The molecule has 0 bridgehead atoms. The average Bonchev–Trinajstić information content (AvgIpc) is 3.64. The van der Waals surface area contributed by atoms with E-state index in [2.05, 4.69) is 32.9 Å². The first-order chi connectivity index (χ1) is 21.9. The summed E-state index contributed by atoms with van der Waals surface area (Å²) in [6.07, 6.45) is 11.8. The number of methoxy groups -OCH3 is 1. The van der Waals surface area contributed by atoms with Crippen LogP contribution in [-0.4, -0.2) is 75.8 Å². The second-order valence-electron chi connectivity index (χ2n) is 11.4. The Morgan fingerprint density at radius 2 is 2.00 bits per heavy atom. The van der Waals surface area contributed by atoms with Crippen molar-refractivity contribution in [2.75, 3.05) is 26.7 Å². The van der Waals surface area contributed by atoms with Crippen LogP contribution in [-0.2, 0) is 20.7 Å². The second-order valence-corrected chi connectivity index (χ2v) is 11.4. The molecule has 1 saturated heterocycles. The summed E-state index contributed by atoms with van der Waals surface area (Å²) in [7, 11) is 1.24. The molecule has 45 heavy (non-hydrogen) atoms. The van der Waals surface area contributed by atoms with Gasteiger partial charge in [0.05, 0.1) is 12.8 Å². The highest BCUT2D eigenvalue weighted by Gasteiger charge is 2.34. The van der Waals surface area contributed by atoms with Gasteiger partial charge in [-0.2, -0.15) is 0 Å². The van der Waals surface area contributed by atoms with Crippen molar-refractivity contribution in [3.8, 4) is 0 Å². The standard InChI is InChI=1S/C33H41N7O5/c1-3-22(24-20-35-25-11-5-4-10-23(24)25)29(30(41)36-27(31(42)45-2)13-8-9-17-34)38-32(43)39-18-15-21(16-19-39)40-28-14-7-6-12-26(28)37-33(40)44/h3-5,7,10-11,14,20-22,29,35H,1,6,8-9,12-13,15-19,34H2,2H3,(H,37,44)(H,38,43)/t22?,29-/m0/s1. The average molecular weight is 616 g/mol. The summed E-state index contributed by atoms with van der Waals surface area (Å²) in [6.45, 7) is 5.23. The minimum atomic E-state index is -1.15. The molecule has 12 nitrogen and oxygen atoms in total. The summed E-state index contributed by atoms with van der Waals surface area (Å²) in [5.74, 6) is -2.04. The summed E-state index contributed by atoms with van der Waals surface area (Å²) in [5, 5.41) is 3.80. The number of aryl methyl sites for hydroxylation is 1.